The van der Waals surface area contributed by atoms with E-state index in [2.05, 4.69) is 61.4 Å². The summed E-state index contributed by atoms with van der Waals surface area (Å²) in [6, 6.07) is 11.0. The van der Waals surface area contributed by atoms with Gasteiger partial charge >= 0.3 is 0 Å². The standard InChI is InChI=1S/C31H40N4O4/c1-19-16-20(18-34-14-12-22(13-15-34)31(2,3)4)8-9-21(19)17-32-24-7-5-6-23-27(24)30(39)35(29(23)38)25-10-11-26(36)33-28(25)37/h5-9,16,22,25,28,32,37H,10-15,17-18H2,1-4H3,(H,33,36). The average Bonchev–Trinajstić information content (AvgIpc) is 3.14. The van der Waals surface area contributed by atoms with Crippen molar-refractivity contribution in [2.24, 2.45) is 11.3 Å². The van der Waals surface area contributed by atoms with Crippen LogP contribution in [0.2, 0.25) is 0 Å². The third-order valence-corrected chi connectivity index (χ3v) is 8.71. The van der Waals surface area contributed by atoms with Gasteiger partial charge in [0.05, 0.1) is 17.2 Å². The minimum absolute atomic E-state index is 0.157. The zero-order valence-electron chi connectivity index (χ0n) is 23.4. The molecule has 3 heterocycles. The van der Waals surface area contributed by atoms with Crippen molar-refractivity contribution >= 4 is 23.4 Å². The summed E-state index contributed by atoms with van der Waals surface area (Å²) < 4.78 is 0. The number of nitrogens with one attached hydrogen (secondary N) is 2. The molecule has 2 saturated heterocycles. The van der Waals surface area contributed by atoms with Gasteiger partial charge in [-0.2, -0.15) is 0 Å². The van der Waals surface area contributed by atoms with Crippen LogP contribution in [0.4, 0.5) is 5.69 Å². The van der Waals surface area contributed by atoms with Crippen LogP contribution < -0.4 is 10.6 Å². The number of aryl methyl sites for hydroxylation is 1. The van der Waals surface area contributed by atoms with Crippen LogP contribution in [0.1, 0.15) is 83.9 Å². The number of amides is 3. The number of aliphatic hydroxyl groups excluding tert-OH is 1. The number of carbonyl (C=O) groups excluding carboxylic acids is 3. The molecule has 8 nitrogen and oxygen atoms in total. The number of hydrogen-bond donors (Lipinski definition) is 3. The number of hydrogen-bond acceptors (Lipinski definition) is 6. The highest BCUT2D eigenvalue weighted by atomic mass is 16.3. The van der Waals surface area contributed by atoms with E-state index < -0.39 is 24.1 Å². The molecule has 208 valence electrons. The molecule has 3 amide bonds. The maximum Gasteiger partial charge on any atom is 0.264 e. The van der Waals surface area contributed by atoms with Crippen LogP contribution in [0, 0.1) is 18.3 Å². The van der Waals surface area contributed by atoms with Gasteiger partial charge < -0.3 is 15.7 Å². The van der Waals surface area contributed by atoms with Crippen LogP contribution in [0.15, 0.2) is 36.4 Å². The fourth-order valence-corrected chi connectivity index (χ4v) is 6.25. The summed E-state index contributed by atoms with van der Waals surface area (Å²) in [5.74, 6) is -0.387. The Morgan fingerprint density at radius 3 is 2.44 bits per heavy atom. The van der Waals surface area contributed by atoms with Crippen molar-refractivity contribution in [2.45, 2.75) is 78.7 Å². The lowest BCUT2D eigenvalue weighted by Crippen LogP contribution is -2.57. The number of anilines is 1. The van der Waals surface area contributed by atoms with Gasteiger partial charge in [-0.15, -0.1) is 0 Å². The van der Waals surface area contributed by atoms with E-state index in [1.165, 1.54) is 24.0 Å². The smallest absolute Gasteiger partial charge is 0.264 e. The first kappa shape index (κ1) is 27.3. The van der Waals surface area contributed by atoms with Crippen molar-refractivity contribution in [3.63, 3.8) is 0 Å². The van der Waals surface area contributed by atoms with Gasteiger partial charge in [0, 0.05) is 25.2 Å². The Hall–Kier alpha value is -3.23. The number of likely N-dealkylation sites (tertiary alicyclic amines) is 1. The van der Waals surface area contributed by atoms with Crippen molar-refractivity contribution in [3.8, 4) is 0 Å². The highest BCUT2D eigenvalue weighted by Crippen LogP contribution is 2.35. The number of imide groups is 1. The molecule has 5 rings (SSSR count). The summed E-state index contributed by atoms with van der Waals surface area (Å²) in [6.07, 6.45) is 1.63. The highest BCUT2D eigenvalue weighted by molar-refractivity contribution is 6.24. The molecule has 3 aliphatic heterocycles. The molecule has 0 saturated carbocycles. The van der Waals surface area contributed by atoms with Gasteiger partial charge in [0.15, 0.2) is 0 Å². The molecular formula is C31H40N4O4. The van der Waals surface area contributed by atoms with E-state index in [4.69, 9.17) is 0 Å². The number of aliphatic hydroxyl groups is 1. The Morgan fingerprint density at radius 2 is 1.77 bits per heavy atom. The van der Waals surface area contributed by atoms with Crippen LogP contribution >= 0.6 is 0 Å². The molecular weight excluding hydrogens is 492 g/mol. The van der Waals surface area contributed by atoms with Crippen molar-refractivity contribution in [1.82, 2.24) is 15.1 Å². The molecule has 3 N–H and O–H groups in total. The Morgan fingerprint density at radius 1 is 1.03 bits per heavy atom. The fourth-order valence-electron chi connectivity index (χ4n) is 6.25. The van der Waals surface area contributed by atoms with Gasteiger partial charge in [0.1, 0.15) is 6.23 Å². The second-order valence-corrected chi connectivity index (χ2v) is 12.4. The summed E-state index contributed by atoms with van der Waals surface area (Å²) in [7, 11) is 0. The monoisotopic (exact) mass is 532 g/mol. The van der Waals surface area contributed by atoms with E-state index in [1.54, 1.807) is 18.2 Å². The van der Waals surface area contributed by atoms with Crippen LogP contribution in [-0.4, -0.2) is 58.0 Å². The van der Waals surface area contributed by atoms with Crippen LogP contribution in [0.3, 0.4) is 0 Å². The topological polar surface area (TPSA) is 102 Å². The Kier molecular flexibility index (Phi) is 7.53. The molecule has 2 aromatic rings. The first-order chi connectivity index (χ1) is 18.5. The molecule has 0 aromatic heterocycles. The lowest BCUT2D eigenvalue weighted by molar-refractivity contribution is -0.129. The van der Waals surface area contributed by atoms with Crippen LogP contribution in [-0.2, 0) is 17.9 Å². The number of benzene rings is 2. The Labute approximate surface area is 230 Å². The van der Waals surface area contributed by atoms with Crippen molar-refractivity contribution < 1.29 is 19.5 Å². The minimum atomic E-state index is -1.27. The second-order valence-electron chi connectivity index (χ2n) is 12.4. The van der Waals surface area contributed by atoms with E-state index in [1.807, 2.05) is 0 Å². The molecule has 0 spiro atoms. The van der Waals surface area contributed by atoms with E-state index in [9.17, 15) is 19.5 Å². The Bertz CT molecular complexity index is 1280. The predicted octanol–water partition coefficient (Wildman–Crippen LogP) is 4.06. The summed E-state index contributed by atoms with van der Waals surface area (Å²) in [6.45, 7) is 12.9. The first-order valence-corrected chi connectivity index (χ1v) is 14.1. The average molecular weight is 533 g/mol. The number of carbonyl (C=O) groups is 3. The molecule has 2 aromatic carbocycles. The van der Waals surface area contributed by atoms with Crippen LogP contribution in [0.25, 0.3) is 0 Å². The molecule has 8 heteroatoms. The van der Waals surface area contributed by atoms with Gasteiger partial charge in [-0.05, 0) is 79.4 Å². The molecule has 0 aliphatic carbocycles. The normalized spacial score (nSPS) is 22.7. The molecule has 2 unspecified atom stereocenters. The molecule has 0 radical (unpaired) electrons. The van der Waals surface area contributed by atoms with Gasteiger partial charge in [-0.3, -0.25) is 24.2 Å². The lowest BCUT2D eigenvalue weighted by Gasteiger charge is -2.38. The lowest BCUT2D eigenvalue weighted by atomic mass is 9.75. The summed E-state index contributed by atoms with van der Waals surface area (Å²) >= 11 is 0. The van der Waals surface area contributed by atoms with Crippen molar-refractivity contribution in [1.29, 1.82) is 0 Å². The van der Waals surface area contributed by atoms with E-state index >= 15 is 0 Å². The SMILES string of the molecule is Cc1cc(CN2CCC(C(C)(C)C)CC2)ccc1CNc1cccc2c1C(=O)N(C1CCC(=O)NC1O)C2=O. The number of rotatable bonds is 6. The molecule has 39 heavy (non-hydrogen) atoms. The highest BCUT2D eigenvalue weighted by Gasteiger charge is 2.45. The van der Waals surface area contributed by atoms with Gasteiger partial charge in [-0.25, -0.2) is 0 Å². The largest absolute Gasteiger partial charge is 0.380 e. The summed E-state index contributed by atoms with van der Waals surface area (Å²) in [5.41, 5.74) is 5.22. The predicted molar refractivity (Wildman–Crippen MR) is 150 cm³/mol. The Balaban J connectivity index is 1.24. The van der Waals surface area contributed by atoms with Crippen LogP contribution in [0.5, 0.6) is 0 Å². The molecule has 2 fully saturated rings. The van der Waals surface area contributed by atoms with Crippen molar-refractivity contribution in [3.05, 3.63) is 64.2 Å². The number of piperidine rings is 2. The second kappa shape index (κ2) is 10.7. The first-order valence-electron chi connectivity index (χ1n) is 14.1. The summed E-state index contributed by atoms with van der Waals surface area (Å²) in [5, 5.41) is 16.1. The maximum atomic E-state index is 13.4. The summed E-state index contributed by atoms with van der Waals surface area (Å²) in [4.78, 5) is 41.8. The van der Waals surface area contributed by atoms with Gasteiger partial charge in [-0.1, -0.05) is 45.0 Å². The van der Waals surface area contributed by atoms with Gasteiger partial charge in [0.25, 0.3) is 11.8 Å². The maximum absolute atomic E-state index is 13.4. The molecule has 3 aliphatic rings. The number of nitrogens with zero attached hydrogens (tertiary/aromatic N) is 2. The van der Waals surface area contributed by atoms with Gasteiger partial charge in [0.2, 0.25) is 5.91 Å². The van der Waals surface area contributed by atoms with E-state index in [0.717, 1.165) is 36.0 Å². The van der Waals surface area contributed by atoms with E-state index in [0.29, 0.717) is 28.8 Å². The zero-order chi connectivity index (χ0) is 27.9. The molecule has 2 atom stereocenters. The van der Waals surface area contributed by atoms with Crippen molar-refractivity contribution in [2.75, 3.05) is 18.4 Å². The van der Waals surface area contributed by atoms with E-state index in [-0.39, 0.29) is 18.7 Å². The quantitative estimate of drug-likeness (QED) is 0.485. The number of fused-ring (bicyclic) bond motifs is 1. The minimum Gasteiger partial charge on any atom is -0.380 e. The zero-order valence-corrected chi connectivity index (χ0v) is 23.4. The molecule has 0 bridgehead atoms. The third kappa shape index (κ3) is 5.58. The third-order valence-electron chi connectivity index (χ3n) is 8.71. The fraction of sp³-hybridized carbons (Fsp3) is 0.516.